The molecule has 0 aliphatic carbocycles. The fourth-order valence-electron chi connectivity index (χ4n) is 2.69. The SMILES string of the molecule is C=C(C)C(=O)OCCCCCCCC(CCC)CCCC. The molecule has 0 aliphatic heterocycles. The van der Waals surface area contributed by atoms with Crippen LogP contribution in [0.5, 0.6) is 0 Å². The lowest BCUT2D eigenvalue weighted by Gasteiger charge is -2.15. The molecular weight excluding hydrogens is 260 g/mol. The minimum absolute atomic E-state index is 0.256. The lowest BCUT2D eigenvalue weighted by molar-refractivity contribution is -0.139. The van der Waals surface area contributed by atoms with Crippen LogP contribution in [0.1, 0.15) is 91.4 Å². The first kappa shape index (κ1) is 20.2. The summed E-state index contributed by atoms with van der Waals surface area (Å²) in [5, 5.41) is 0. The molecule has 2 nitrogen and oxygen atoms in total. The summed E-state index contributed by atoms with van der Waals surface area (Å²) in [6, 6.07) is 0. The van der Waals surface area contributed by atoms with Crippen molar-refractivity contribution in [3.63, 3.8) is 0 Å². The molecule has 0 fully saturated rings. The number of carbonyl (C=O) groups is 1. The van der Waals surface area contributed by atoms with Crippen LogP contribution in [0, 0.1) is 5.92 Å². The van der Waals surface area contributed by atoms with Gasteiger partial charge in [0.05, 0.1) is 6.61 Å². The second kappa shape index (κ2) is 14.2. The van der Waals surface area contributed by atoms with E-state index in [0.717, 1.165) is 18.8 Å². The minimum atomic E-state index is -0.256. The van der Waals surface area contributed by atoms with Crippen LogP contribution < -0.4 is 0 Å². The summed E-state index contributed by atoms with van der Waals surface area (Å²) >= 11 is 0. The summed E-state index contributed by atoms with van der Waals surface area (Å²) in [7, 11) is 0. The molecule has 124 valence electrons. The number of hydrogen-bond acceptors (Lipinski definition) is 2. The Kier molecular flexibility index (Phi) is 13.6. The van der Waals surface area contributed by atoms with Crippen LogP contribution in [-0.4, -0.2) is 12.6 Å². The van der Waals surface area contributed by atoms with Crippen molar-refractivity contribution in [1.29, 1.82) is 0 Å². The number of carbonyl (C=O) groups excluding carboxylic acids is 1. The number of hydrogen-bond donors (Lipinski definition) is 0. The van der Waals surface area contributed by atoms with Gasteiger partial charge in [0.25, 0.3) is 0 Å². The maximum Gasteiger partial charge on any atom is 0.333 e. The van der Waals surface area contributed by atoms with Crippen LogP contribution in [0.3, 0.4) is 0 Å². The van der Waals surface area contributed by atoms with Gasteiger partial charge in [-0.15, -0.1) is 0 Å². The Morgan fingerprint density at radius 3 is 2.14 bits per heavy atom. The van der Waals surface area contributed by atoms with E-state index in [-0.39, 0.29) is 5.97 Å². The van der Waals surface area contributed by atoms with Crippen molar-refractivity contribution < 1.29 is 9.53 Å². The Labute approximate surface area is 132 Å². The molecule has 1 atom stereocenters. The van der Waals surface area contributed by atoms with Gasteiger partial charge in [-0.05, 0) is 19.3 Å². The molecule has 0 aliphatic rings. The lowest BCUT2D eigenvalue weighted by atomic mass is 9.91. The van der Waals surface area contributed by atoms with Crippen LogP contribution in [0.2, 0.25) is 0 Å². The third kappa shape index (κ3) is 12.6. The van der Waals surface area contributed by atoms with Gasteiger partial charge in [-0.2, -0.15) is 0 Å². The fraction of sp³-hybridized carbons (Fsp3) is 0.842. The maximum absolute atomic E-state index is 11.2. The number of esters is 1. The van der Waals surface area contributed by atoms with Gasteiger partial charge < -0.3 is 4.74 Å². The van der Waals surface area contributed by atoms with Gasteiger partial charge >= 0.3 is 5.97 Å². The molecule has 0 N–H and O–H groups in total. The highest BCUT2D eigenvalue weighted by atomic mass is 16.5. The Morgan fingerprint density at radius 2 is 1.52 bits per heavy atom. The average molecular weight is 296 g/mol. The van der Waals surface area contributed by atoms with Crippen molar-refractivity contribution in [2.45, 2.75) is 91.4 Å². The Bertz CT molecular complexity index is 271. The van der Waals surface area contributed by atoms with Gasteiger partial charge in [0, 0.05) is 5.57 Å². The van der Waals surface area contributed by atoms with Crippen LogP contribution in [0.25, 0.3) is 0 Å². The summed E-state index contributed by atoms with van der Waals surface area (Å²) in [6.45, 7) is 10.4. The monoisotopic (exact) mass is 296 g/mol. The molecule has 0 heterocycles. The summed E-state index contributed by atoms with van der Waals surface area (Å²) in [5.74, 6) is 0.694. The maximum atomic E-state index is 11.2. The Morgan fingerprint density at radius 1 is 0.905 bits per heavy atom. The van der Waals surface area contributed by atoms with E-state index in [0.29, 0.717) is 12.2 Å². The van der Waals surface area contributed by atoms with Gasteiger partial charge in [0.15, 0.2) is 0 Å². The van der Waals surface area contributed by atoms with Crippen LogP contribution in [0.4, 0.5) is 0 Å². The molecular formula is C19H36O2. The van der Waals surface area contributed by atoms with Crippen LogP contribution in [0.15, 0.2) is 12.2 Å². The fourth-order valence-corrected chi connectivity index (χ4v) is 2.69. The van der Waals surface area contributed by atoms with Crippen LogP contribution >= 0.6 is 0 Å². The van der Waals surface area contributed by atoms with Gasteiger partial charge in [-0.1, -0.05) is 84.6 Å². The highest BCUT2D eigenvalue weighted by Gasteiger charge is 2.07. The quantitative estimate of drug-likeness (QED) is 0.221. The summed E-state index contributed by atoms with van der Waals surface area (Å²) in [5.41, 5.74) is 0.490. The summed E-state index contributed by atoms with van der Waals surface area (Å²) in [6.07, 6.45) is 14.3. The number of ether oxygens (including phenoxy) is 1. The van der Waals surface area contributed by atoms with Crippen molar-refractivity contribution in [3.8, 4) is 0 Å². The first-order valence-corrected chi connectivity index (χ1v) is 8.94. The third-order valence-electron chi connectivity index (χ3n) is 4.00. The molecule has 0 rings (SSSR count). The van der Waals surface area contributed by atoms with Gasteiger partial charge in [-0.25, -0.2) is 4.79 Å². The van der Waals surface area contributed by atoms with Crippen molar-refractivity contribution in [1.82, 2.24) is 0 Å². The predicted molar refractivity (Wildman–Crippen MR) is 91.4 cm³/mol. The van der Waals surface area contributed by atoms with Crippen LogP contribution in [-0.2, 0) is 9.53 Å². The highest BCUT2D eigenvalue weighted by molar-refractivity contribution is 5.86. The first-order valence-electron chi connectivity index (χ1n) is 8.94. The topological polar surface area (TPSA) is 26.3 Å². The summed E-state index contributed by atoms with van der Waals surface area (Å²) < 4.78 is 5.09. The van der Waals surface area contributed by atoms with E-state index in [2.05, 4.69) is 20.4 Å². The second-order valence-electron chi connectivity index (χ2n) is 6.27. The largest absolute Gasteiger partial charge is 0.462 e. The molecule has 0 saturated carbocycles. The van der Waals surface area contributed by atoms with E-state index >= 15 is 0 Å². The first-order chi connectivity index (χ1) is 10.1. The number of unbranched alkanes of at least 4 members (excludes halogenated alkanes) is 5. The summed E-state index contributed by atoms with van der Waals surface area (Å²) in [4.78, 5) is 11.2. The molecule has 0 aromatic rings. The normalized spacial score (nSPS) is 12.1. The third-order valence-corrected chi connectivity index (χ3v) is 4.00. The molecule has 21 heavy (non-hydrogen) atoms. The van der Waals surface area contributed by atoms with Gasteiger partial charge in [-0.3, -0.25) is 0 Å². The average Bonchev–Trinajstić information content (AvgIpc) is 2.46. The van der Waals surface area contributed by atoms with Crippen molar-refractivity contribution in [2.24, 2.45) is 5.92 Å². The predicted octanol–water partition coefficient (Wildman–Crippen LogP) is 6.05. The zero-order valence-electron chi connectivity index (χ0n) is 14.6. The standard InChI is InChI=1S/C19H36O2/c1-5-7-14-18(13-6-2)15-11-9-8-10-12-16-21-19(20)17(3)4/h18H,3,5-16H2,1-2,4H3. The van der Waals surface area contributed by atoms with E-state index in [1.807, 2.05) is 0 Å². The molecule has 0 aromatic heterocycles. The molecule has 0 amide bonds. The van der Waals surface area contributed by atoms with E-state index in [1.165, 1.54) is 57.8 Å². The smallest absolute Gasteiger partial charge is 0.333 e. The van der Waals surface area contributed by atoms with E-state index in [9.17, 15) is 4.79 Å². The van der Waals surface area contributed by atoms with E-state index in [4.69, 9.17) is 4.74 Å². The van der Waals surface area contributed by atoms with Gasteiger partial charge in [0.2, 0.25) is 0 Å². The molecule has 0 saturated heterocycles. The second-order valence-corrected chi connectivity index (χ2v) is 6.27. The molecule has 2 heteroatoms. The Hall–Kier alpha value is -0.790. The van der Waals surface area contributed by atoms with Crippen molar-refractivity contribution >= 4 is 5.97 Å². The van der Waals surface area contributed by atoms with Gasteiger partial charge in [0.1, 0.15) is 0 Å². The van der Waals surface area contributed by atoms with Crippen molar-refractivity contribution in [2.75, 3.05) is 6.61 Å². The zero-order valence-corrected chi connectivity index (χ0v) is 14.6. The van der Waals surface area contributed by atoms with E-state index < -0.39 is 0 Å². The zero-order chi connectivity index (χ0) is 15.9. The Balaban J connectivity index is 3.44. The minimum Gasteiger partial charge on any atom is -0.462 e. The number of rotatable bonds is 14. The molecule has 0 aromatic carbocycles. The highest BCUT2D eigenvalue weighted by Crippen LogP contribution is 2.22. The van der Waals surface area contributed by atoms with E-state index in [1.54, 1.807) is 6.92 Å². The van der Waals surface area contributed by atoms with Crippen molar-refractivity contribution in [3.05, 3.63) is 12.2 Å². The lowest BCUT2D eigenvalue weighted by Crippen LogP contribution is -2.06. The molecule has 0 spiro atoms. The molecule has 0 radical (unpaired) electrons. The molecule has 1 unspecified atom stereocenters. The molecule has 0 bridgehead atoms.